The van der Waals surface area contributed by atoms with Gasteiger partial charge in [-0.2, -0.15) is 4.98 Å². The summed E-state index contributed by atoms with van der Waals surface area (Å²) in [6.07, 6.45) is 9.06. The summed E-state index contributed by atoms with van der Waals surface area (Å²) in [5, 5.41) is 3.91. The van der Waals surface area contributed by atoms with Crippen LogP contribution in [0.3, 0.4) is 0 Å². The summed E-state index contributed by atoms with van der Waals surface area (Å²) in [4.78, 5) is 4.32. The van der Waals surface area contributed by atoms with Crippen LogP contribution in [-0.4, -0.2) is 10.1 Å². The van der Waals surface area contributed by atoms with Crippen LogP contribution < -0.4 is 5.73 Å². The third kappa shape index (κ3) is 2.87. The van der Waals surface area contributed by atoms with Crippen LogP contribution in [0.5, 0.6) is 0 Å². The van der Waals surface area contributed by atoms with E-state index in [1.54, 1.807) is 18.4 Å². The summed E-state index contributed by atoms with van der Waals surface area (Å²) in [7, 11) is 0. The van der Waals surface area contributed by atoms with Gasteiger partial charge in [0, 0.05) is 0 Å². The molecular weight excluding hydrogens is 242 g/mol. The van der Waals surface area contributed by atoms with Crippen LogP contribution in [0.4, 0.5) is 0 Å². The second kappa shape index (κ2) is 5.57. The van der Waals surface area contributed by atoms with E-state index in [1.807, 2.05) is 0 Å². The Morgan fingerprint density at radius 2 is 2.16 bits per heavy atom. The standard InChI is InChI=1S/C14H19N3O2/c15-11(9-10-5-2-1-3-6-10)14-16-13(17-19-14)12-7-4-8-18-12/h4,7-8,10-11H,1-3,5-6,9,15H2. The van der Waals surface area contributed by atoms with Crippen molar-refractivity contribution in [1.29, 1.82) is 0 Å². The highest BCUT2D eigenvalue weighted by atomic mass is 16.5. The van der Waals surface area contributed by atoms with Crippen molar-refractivity contribution in [2.24, 2.45) is 11.7 Å². The fourth-order valence-electron chi connectivity index (χ4n) is 2.77. The number of hydrogen-bond acceptors (Lipinski definition) is 5. The molecule has 1 aliphatic carbocycles. The molecule has 1 saturated carbocycles. The first kappa shape index (κ1) is 12.4. The first-order valence-corrected chi connectivity index (χ1v) is 6.96. The lowest BCUT2D eigenvalue weighted by Gasteiger charge is -2.22. The Bertz CT molecular complexity index is 501. The number of rotatable bonds is 4. The second-order valence-corrected chi connectivity index (χ2v) is 5.28. The fraction of sp³-hybridized carbons (Fsp3) is 0.571. The zero-order chi connectivity index (χ0) is 13.1. The van der Waals surface area contributed by atoms with Crippen LogP contribution in [0.25, 0.3) is 11.6 Å². The average Bonchev–Trinajstić information content (AvgIpc) is 3.11. The minimum Gasteiger partial charge on any atom is -0.461 e. The van der Waals surface area contributed by atoms with E-state index in [0.717, 1.165) is 6.42 Å². The van der Waals surface area contributed by atoms with Gasteiger partial charge in [-0.3, -0.25) is 0 Å². The van der Waals surface area contributed by atoms with E-state index in [0.29, 0.717) is 23.4 Å². The number of hydrogen-bond donors (Lipinski definition) is 1. The van der Waals surface area contributed by atoms with E-state index < -0.39 is 0 Å². The molecular formula is C14H19N3O2. The van der Waals surface area contributed by atoms with Crippen LogP contribution in [0.1, 0.15) is 50.5 Å². The highest BCUT2D eigenvalue weighted by Crippen LogP contribution is 2.30. The molecule has 0 bridgehead atoms. The third-order valence-corrected chi connectivity index (χ3v) is 3.81. The zero-order valence-electron chi connectivity index (χ0n) is 10.9. The van der Waals surface area contributed by atoms with E-state index in [1.165, 1.54) is 32.1 Å². The van der Waals surface area contributed by atoms with Crippen molar-refractivity contribution in [2.45, 2.75) is 44.6 Å². The zero-order valence-corrected chi connectivity index (χ0v) is 10.9. The molecule has 0 saturated heterocycles. The Hall–Kier alpha value is -1.62. The number of nitrogens with two attached hydrogens (primary N) is 1. The molecule has 1 atom stereocenters. The predicted molar refractivity (Wildman–Crippen MR) is 70.1 cm³/mol. The van der Waals surface area contributed by atoms with E-state index in [-0.39, 0.29) is 6.04 Å². The summed E-state index contributed by atoms with van der Waals surface area (Å²) in [6, 6.07) is 3.44. The number of nitrogens with zero attached hydrogens (tertiary/aromatic N) is 2. The Balaban J connectivity index is 1.65. The van der Waals surface area contributed by atoms with Crippen molar-refractivity contribution in [3.63, 3.8) is 0 Å². The molecule has 19 heavy (non-hydrogen) atoms. The molecule has 2 heterocycles. The quantitative estimate of drug-likeness (QED) is 0.913. The van der Waals surface area contributed by atoms with Crippen LogP contribution in [0.15, 0.2) is 27.3 Å². The van der Waals surface area contributed by atoms with Gasteiger partial charge >= 0.3 is 0 Å². The molecule has 1 unspecified atom stereocenters. The number of aromatic nitrogens is 2. The molecule has 0 radical (unpaired) electrons. The van der Waals surface area contributed by atoms with Gasteiger partial charge in [0.2, 0.25) is 11.7 Å². The molecule has 5 nitrogen and oxygen atoms in total. The van der Waals surface area contributed by atoms with Crippen molar-refractivity contribution in [2.75, 3.05) is 0 Å². The van der Waals surface area contributed by atoms with E-state index >= 15 is 0 Å². The van der Waals surface area contributed by atoms with Crippen LogP contribution in [0.2, 0.25) is 0 Å². The van der Waals surface area contributed by atoms with Crippen molar-refractivity contribution in [3.05, 3.63) is 24.3 Å². The normalized spacial score (nSPS) is 18.6. The Morgan fingerprint density at radius 1 is 1.32 bits per heavy atom. The van der Waals surface area contributed by atoms with Crippen LogP contribution >= 0.6 is 0 Å². The summed E-state index contributed by atoms with van der Waals surface area (Å²) in [5.41, 5.74) is 6.17. The first-order chi connectivity index (χ1) is 9.33. The third-order valence-electron chi connectivity index (χ3n) is 3.81. The highest BCUT2D eigenvalue weighted by molar-refractivity contribution is 5.44. The lowest BCUT2D eigenvalue weighted by molar-refractivity contribution is 0.284. The highest BCUT2D eigenvalue weighted by Gasteiger charge is 2.22. The summed E-state index contributed by atoms with van der Waals surface area (Å²) in [5.74, 6) is 2.29. The fourth-order valence-corrected chi connectivity index (χ4v) is 2.77. The minimum absolute atomic E-state index is 0.167. The first-order valence-electron chi connectivity index (χ1n) is 6.96. The van der Waals surface area contributed by atoms with Gasteiger partial charge in [-0.1, -0.05) is 37.3 Å². The maximum Gasteiger partial charge on any atom is 0.243 e. The molecule has 2 aromatic heterocycles. The Labute approximate surface area is 112 Å². The topological polar surface area (TPSA) is 78.1 Å². The Morgan fingerprint density at radius 3 is 2.89 bits per heavy atom. The monoisotopic (exact) mass is 261 g/mol. The molecule has 102 valence electrons. The van der Waals surface area contributed by atoms with Crippen LogP contribution in [0, 0.1) is 5.92 Å². The molecule has 0 aliphatic heterocycles. The largest absolute Gasteiger partial charge is 0.461 e. The van der Waals surface area contributed by atoms with Gasteiger partial charge in [-0.05, 0) is 24.5 Å². The molecule has 0 amide bonds. The van der Waals surface area contributed by atoms with E-state index in [9.17, 15) is 0 Å². The van der Waals surface area contributed by atoms with Crippen molar-refractivity contribution < 1.29 is 8.94 Å². The van der Waals surface area contributed by atoms with Gasteiger partial charge in [0.25, 0.3) is 0 Å². The molecule has 5 heteroatoms. The molecule has 2 aromatic rings. The summed E-state index contributed by atoms with van der Waals surface area (Å²) in [6.45, 7) is 0. The maximum atomic E-state index is 6.17. The second-order valence-electron chi connectivity index (χ2n) is 5.28. The SMILES string of the molecule is NC(CC1CCCCC1)c1nc(-c2ccco2)no1. The molecule has 3 rings (SSSR count). The molecule has 1 fully saturated rings. The lowest BCUT2D eigenvalue weighted by atomic mass is 9.85. The average molecular weight is 261 g/mol. The van der Waals surface area contributed by atoms with Gasteiger partial charge in [-0.25, -0.2) is 0 Å². The van der Waals surface area contributed by atoms with Gasteiger partial charge in [0.1, 0.15) is 0 Å². The summed E-state index contributed by atoms with van der Waals surface area (Å²) >= 11 is 0. The van der Waals surface area contributed by atoms with Crippen molar-refractivity contribution >= 4 is 0 Å². The lowest BCUT2D eigenvalue weighted by Crippen LogP contribution is -2.17. The smallest absolute Gasteiger partial charge is 0.243 e. The van der Waals surface area contributed by atoms with Crippen molar-refractivity contribution in [1.82, 2.24) is 10.1 Å². The Kier molecular flexibility index (Phi) is 3.64. The molecule has 1 aliphatic rings. The van der Waals surface area contributed by atoms with Gasteiger partial charge in [0.05, 0.1) is 12.3 Å². The van der Waals surface area contributed by atoms with Gasteiger partial charge in [-0.15, -0.1) is 0 Å². The van der Waals surface area contributed by atoms with Gasteiger partial charge in [0.15, 0.2) is 5.76 Å². The van der Waals surface area contributed by atoms with Crippen molar-refractivity contribution in [3.8, 4) is 11.6 Å². The molecule has 2 N–H and O–H groups in total. The maximum absolute atomic E-state index is 6.17. The van der Waals surface area contributed by atoms with Gasteiger partial charge < -0.3 is 14.7 Å². The molecule has 0 spiro atoms. The van der Waals surface area contributed by atoms with E-state index in [4.69, 9.17) is 14.7 Å². The van der Waals surface area contributed by atoms with E-state index in [2.05, 4.69) is 10.1 Å². The summed E-state index contributed by atoms with van der Waals surface area (Å²) < 4.78 is 10.5. The van der Waals surface area contributed by atoms with Crippen LogP contribution in [-0.2, 0) is 0 Å². The minimum atomic E-state index is -0.167. The number of furan rings is 1. The molecule has 0 aromatic carbocycles. The predicted octanol–water partition coefficient (Wildman–Crippen LogP) is 3.30.